The van der Waals surface area contributed by atoms with Gasteiger partial charge in [0, 0.05) is 30.3 Å². The normalized spacial score (nSPS) is 16.1. The third kappa shape index (κ3) is 6.21. The van der Waals surface area contributed by atoms with E-state index in [-0.39, 0.29) is 29.7 Å². The van der Waals surface area contributed by atoms with Gasteiger partial charge in [0.05, 0.1) is 0 Å². The summed E-state index contributed by atoms with van der Waals surface area (Å²) in [6.45, 7) is 9.00. The van der Waals surface area contributed by atoms with Crippen molar-refractivity contribution in [1.29, 1.82) is 0 Å². The van der Waals surface area contributed by atoms with E-state index in [1.807, 2.05) is 69.0 Å². The molecule has 2 N–H and O–H groups in total. The molecule has 3 amide bonds. The number of likely N-dealkylation sites (tertiary alicyclic amines) is 1. The third-order valence-electron chi connectivity index (χ3n) is 6.56. The molecule has 1 fully saturated rings. The maximum atomic E-state index is 13.1. The Balaban J connectivity index is 1.71. The van der Waals surface area contributed by atoms with Crippen molar-refractivity contribution in [3.05, 3.63) is 70.8 Å². The number of rotatable bonds is 7. The standard InChI is InChI=1S/C27H35N3O3/c1-5-20(4)28-26(32)24(29-25(31)22-12-10-18(2)11-13-22)21-14-16-30(17-15-21)27(33)23-9-7-6-8-19(23)3/h6-13,20-21,24H,5,14-17H2,1-4H3,(H,28,32)(H,29,31)/t20-,24-/m1/s1. The zero-order valence-corrected chi connectivity index (χ0v) is 20.1. The zero-order chi connectivity index (χ0) is 24.0. The SMILES string of the molecule is CC[C@@H](C)NC(=O)[C@H](NC(=O)c1ccc(C)cc1)C1CCN(C(=O)c2ccccc2C)CC1. The van der Waals surface area contributed by atoms with E-state index in [2.05, 4.69) is 10.6 Å². The van der Waals surface area contributed by atoms with Gasteiger partial charge in [0.25, 0.3) is 11.8 Å². The highest BCUT2D eigenvalue weighted by molar-refractivity contribution is 5.98. The van der Waals surface area contributed by atoms with Crippen LogP contribution in [0.2, 0.25) is 0 Å². The van der Waals surface area contributed by atoms with Crippen molar-refractivity contribution in [2.24, 2.45) is 5.92 Å². The van der Waals surface area contributed by atoms with Crippen molar-refractivity contribution in [2.75, 3.05) is 13.1 Å². The Morgan fingerprint density at radius 2 is 1.61 bits per heavy atom. The van der Waals surface area contributed by atoms with Crippen LogP contribution in [0, 0.1) is 19.8 Å². The van der Waals surface area contributed by atoms with Crippen LogP contribution in [0.15, 0.2) is 48.5 Å². The molecule has 1 aliphatic rings. The maximum Gasteiger partial charge on any atom is 0.254 e. The van der Waals surface area contributed by atoms with Crippen LogP contribution in [0.3, 0.4) is 0 Å². The van der Waals surface area contributed by atoms with Crippen LogP contribution in [0.5, 0.6) is 0 Å². The molecule has 0 unspecified atom stereocenters. The number of nitrogens with zero attached hydrogens (tertiary/aromatic N) is 1. The molecule has 2 aromatic carbocycles. The molecule has 0 radical (unpaired) electrons. The van der Waals surface area contributed by atoms with Gasteiger partial charge in [0.15, 0.2) is 0 Å². The Bertz CT molecular complexity index is 978. The average molecular weight is 450 g/mol. The minimum Gasteiger partial charge on any atom is -0.352 e. The molecule has 33 heavy (non-hydrogen) atoms. The highest BCUT2D eigenvalue weighted by atomic mass is 16.2. The summed E-state index contributed by atoms with van der Waals surface area (Å²) in [5.41, 5.74) is 3.29. The van der Waals surface area contributed by atoms with Crippen molar-refractivity contribution in [3.8, 4) is 0 Å². The van der Waals surface area contributed by atoms with Gasteiger partial charge in [-0.25, -0.2) is 0 Å². The first-order valence-electron chi connectivity index (χ1n) is 11.8. The quantitative estimate of drug-likeness (QED) is 0.674. The van der Waals surface area contributed by atoms with Crippen LogP contribution in [0.4, 0.5) is 0 Å². The van der Waals surface area contributed by atoms with Gasteiger partial charge < -0.3 is 15.5 Å². The monoisotopic (exact) mass is 449 g/mol. The van der Waals surface area contributed by atoms with Crippen molar-refractivity contribution >= 4 is 17.7 Å². The van der Waals surface area contributed by atoms with Crippen LogP contribution in [0.25, 0.3) is 0 Å². The minimum absolute atomic E-state index is 0.0239. The number of hydrogen-bond donors (Lipinski definition) is 2. The number of aryl methyl sites for hydroxylation is 2. The predicted molar refractivity (Wildman–Crippen MR) is 130 cm³/mol. The average Bonchev–Trinajstić information content (AvgIpc) is 2.82. The molecule has 2 atom stereocenters. The van der Waals surface area contributed by atoms with Gasteiger partial charge in [-0.2, -0.15) is 0 Å². The molecule has 0 aromatic heterocycles. The Labute approximate surface area is 196 Å². The van der Waals surface area contributed by atoms with Gasteiger partial charge in [-0.05, 0) is 69.7 Å². The van der Waals surface area contributed by atoms with E-state index in [9.17, 15) is 14.4 Å². The number of amides is 3. The van der Waals surface area contributed by atoms with Gasteiger partial charge in [-0.1, -0.05) is 42.8 Å². The highest BCUT2D eigenvalue weighted by Crippen LogP contribution is 2.24. The summed E-state index contributed by atoms with van der Waals surface area (Å²) in [4.78, 5) is 40.9. The molecular weight excluding hydrogens is 414 g/mol. The van der Waals surface area contributed by atoms with E-state index in [0.717, 1.165) is 23.1 Å². The number of hydrogen-bond acceptors (Lipinski definition) is 3. The molecule has 6 heteroatoms. The van der Waals surface area contributed by atoms with Crippen molar-refractivity contribution in [2.45, 2.75) is 59.0 Å². The predicted octanol–water partition coefficient (Wildman–Crippen LogP) is 3.87. The largest absolute Gasteiger partial charge is 0.352 e. The molecule has 3 rings (SSSR count). The molecule has 6 nitrogen and oxygen atoms in total. The van der Waals surface area contributed by atoms with Crippen molar-refractivity contribution in [1.82, 2.24) is 15.5 Å². The minimum atomic E-state index is -0.636. The van der Waals surface area contributed by atoms with E-state index in [4.69, 9.17) is 0 Å². The lowest BCUT2D eigenvalue weighted by molar-refractivity contribution is -0.125. The lowest BCUT2D eigenvalue weighted by Crippen LogP contribution is -2.55. The summed E-state index contributed by atoms with van der Waals surface area (Å²) in [7, 11) is 0. The molecule has 0 spiro atoms. The fraction of sp³-hybridized carbons (Fsp3) is 0.444. The number of nitrogens with one attached hydrogen (secondary N) is 2. The van der Waals surface area contributed by atoms with Gasteiger partial charge in [-0.3, -0.25) is 14.4 Å². The summed E-state index contributed by atoms with van der Waals surface area (Å²) in [6, 6.07) is 14.3. The molecular formula is C27H35N3O3. The van der Waals surface area contributed by atoms with Crippen LogP contribution in [0.1, 0.15) is 65.0 Å². The maximum absolute atomic E-state index is 13.1. The Kier molecular flexibility index (Phi) is 8.26. The second-order valence-electron chi connectivity index (χ2n) is 9.08. The second kappa shape index (κ2) is 11.1. The van der Waals surface area contributed by atoms with E-state index in [1.54, 1.807) is 12.1 Å². The highest BCUT2D eigenvalue weighted by Gasteiger charge is 2.34. The number of carbonyl (C=O) groups is 3. The molecule has 1 heterocycles. The topological polar surface area (TPSA) is 78.5 Å². The Morgan fingerprint density at radius 1 is 0.970 bits per heavy atom. The van der Waals surface area contributed by atoms with E-state index < -0.39 is 6.04 Å². The first kappa shape index (κ1) is 24.5. The number of piperidine rings is 1. The van der Waals surface area contributed by atoms with Gasteiger partial charge in [0.2, 0.25) is 5.91 Å². The number of benzene rings is 2. The van der Waals surface area contributed by atoms with Crippen molar-refractivity contribution < 1.29 is 14.4 Å². The Hall–Kier alpha value is -3.15. The lowest BCUT2D eigenvalue weighted by Gasteiger charge is -2.36. The molecule has 0 aliphatic carbocycles. The van der Waals surface area contributed by atoms with Crippen LogP contribution >= 0.6 is 0 Å². The van der Waals surface area contributed by atoms with Crippen LogP contribution in [-0.4, -0.2) is 47.8 Å². The molecule has 0 bridgehead atoms. The van der Waals surface area contributed by atoms with Gasteiger partial charge in [-0.15, -0.1) is 0 Å². The van der Waals surface area contributed by atoms with E-state index in [1.165, 1.54) is 0 Å². The number of carbonyl (C=O) groups excluding carboxylic acids is 3. The summed E-state index contributed by atoms with van der Waals surface area (Å²) in [6.07, 6.45) is 2.13. The van der Waals surface area contributed by atoms with Gasteiger partial charge >= 0.3 is 0 Å². The van der Waals surface area contributed by atoms with Crippen LogP contribution < -0.4 is 10.6 Å². The van der Waals surface area contributed by atoms with Gasteiger partial charge in [0.1, 0.15) is 6.04 Å². The first-order chi connectivity index (χ1) is 15.8. The molecule has 2 aromatic rings. The smallest absolute Gasteiger partial charge is 0.254 e. The summed E-state index contributed by atoms with van der Waals surface area (Å²) >= 11 is 0. The lowest BCUT2D eigenvalue weighted by atomic mass is 9.88. The van der Waals surface area contributed by atoms with E-state index >= 15 is 0 Å². The Morgan fingerprint density at radius 3 is 2.21 bits per heavy atom. The second-order valence-corrected chi connectivity index (χ2v) is 9.08. The summed E-state index contributed by atoms with van der Waals surface area (Å²) in [5.74, 6) is -0.425. The van der Waals surface area contributed by atoms with E-state index in [0.29, 0.717) is 31.5 Å². The fourth-order valence-electron chi connectivity index (χ4n) is 4.18. The molecule has 176 valence electrons. The molecule has 1 aliphatic heterocycles. The van der Waals surface area contributed by atoms with Crippen molar-refractivity contribution in [3.63, 3.8) is 0 Å². The van der Waals surface area contributed by atoms with Crippen LogP contribution in [-0.2, 0) is 4.79 Å². The first-order valence-corrected chi connectivity index (χ1v) is 11.8. The summed E-state index contributed by atoms with van der Waals surface area (Å²) in [5, 5.41) is 6.01. The third-order valence-corrected chi connectivity index (χ3v) is 6.56. The zero-order valence-electron chi connectivity index (χ0n) is 20.1. The molecule has 1 saturated heterocycles. The fourth-order valence-corrected chi connectivity index (χ4v) is 4.18. The summed E-state index contributed by atoms with van der Waals surface area (Å²) < 4.78 is 0. The molecule has 0 saturated carbocycles.